The van der Waals surface area contributed by atoms with Crippen LogP contribution in [0.3, 0.4) is 0 Å². The molecule has 0 aliphatic carbocycles. The fourth-order valence-electron chi connectivity index (χ4n) is 2.82. The number of benzene rings is 1. The summed E-state index contributed by atoms with van der Waals surface area (Å²) in [6.45, 7) is 9.36. The number of likely N-dealkylation sites (N-methyl/N-ethyl adjacent to an activating group) is 1. The van der Waals surface area contributed by atoms with Gasteiger partial charge < -0.3 is 20.5 Å². The molecule has 0 spiro atoms. The van der Waals surface area contributed by atoms with Crippen LogP contribution in [0.1, 0.15) is 40.2 Å². The molecular weight excluding hydrogens is 388 g/mol. The number of carboxylic acid groups (broad SMARTS) is 1. The van der Waals surface area contributed by atoms with Crippen LogP contribution in [0.2, 0.25) is 0 Å². The molecule has 0 bridgehead atoms. The number of carbonyl (C=O) groups is 2. The Bertz CT molecular complexity index is 729. The second-order valence-electron chi connectivity index (χ2n) is 8.06. The summed E-state index contributed by atoms with van der Waals surface area (Å²) in [5.41, 5.74) is 7.70. The predicted molar refractivity (Wildman–Crippen MR) is 119 cm³/mol. The topological polar surface area (TPSA) is 92.9 Å². The molecule has 162 valence electrons. The van der Waals surface area contributed by atoms with Crippen molar-refractivity contribution in [3.63, 3.8) is 0 Å². The molecule has 0 aliphatic rings. The van der Waals surface area contributed by atoms with Crippen molar-refractivity contribution >= 4 is 23.6 Å². The standard InChI is InChI=1S/C22H34N2O4S/c1-14(2)18(12-15(3)21(26)27)24(6)20(25)19(23)22(4,5)29-13-16-8-10-17(28-7)11-9-16/h8-12,14,18-19H,13,23H2,1-7H3,(H,26,27)/b15-12+/t18-,19+/m0/s1. The van der Waals surface area contributed by atoms with E-state index in [4.69, 9.17) is 10.5 Å². The molecule has 3 N–H and O–H groups in total. The van der Waals surface area contributed by atoms with Gasteiger partial charge in [0.15, 0.2) is 0 Å². The van der Waals surface area contributed by atoms with Gasteiger partial charge in [0, 0.05) is 23.1 Å². The molecule has 0 fully saturated rings. The lowest BCUT2D eigenvalue weighted by atomic mass is 9.97. The molecule has 29 heavy (non-hydrogen) atoms. The van der Waals surface area contributed by atoms with Crippen molar-refractivity contribution in [2.75, 3.05) is 14.2 Å². The van der Waals surface area contributed by atoms with Crippen LogP contribution < -0.4 is 10.5 Å². The van der Waals surface area contributed by atoms with E-state index in [1.807, 2.05) is 52.0 Å². The van der Waals surface area contributed by atoms with Crippen LogP contribution >= 0.6 is 11.8 Å². The van der Waals surface area contributed by atoms with Crippen LogP contribution in [0, 0.1) is 5.92 Å². The van der Waals surface area contributed by atoms with Gasteiger partial charge in [-0.15, -0.1) is 11.8 Å². The van der Waals surface area contributed by atoms with E-state index in [1.54, 1.807) is 36.9 Å². The number of carboxylic acids is 1. The number of carbonyl (C=O) groups excluding carboxylic acids is 1. The molecule has 1 rings (SSSR count). The first-order valence-electron chi connectivity index (χ1n) is 9.61. The Morgan fingerprint density at radius 3 is 2.28 bits per heavy atom. The summed E-state index contributed by atoms with van der Waals surface area (Å²) in [7, 11) is 3.31. The summed E-state index contributed by atoms with van der Waals surface area (Å²) in [5, 5.41) is 9.18. The third-order valence-corrected chi connectivity index (χ3v) is 6.50. The van der Waals surface area contributed by atoms with E-state index in [-0.39, 0.29) is 23.4 Å². The number of amides is 1. The van der Waals surface area contributed by atoms with E-state index >= 15 is 0 Å². The first-order chi connectivity index (χ1) is 13.4. The third-order valence-electron chi connectivity index (χ3n) is 5.02. The molecule has 0 unspecified atom stereocenters. The van der Waals surface area contributed by atoms with Crippen LogP contribution in [-0.2, 0) is 15.3 Å². The number of nitrogens with two attached hydrogens (primary N) is 1. The fraction of sp³-hybridized carbons (Fsp3) is 0.545. The average molecular weight is 423 g/mol. The summed E-state index contributed by atoms with van der Waals surface area (Å²) < 4.78 is 4.67. The highest BCUT2D eigenvalue weighted by Gasteiger charge is 2.36. The minimum Gasteiger partial charge on any atom is -0.497 e. The maximum atomic E-state index is 13.1. The molecule has 1 aromatic rings. The molecule has 0 radical (unpaired) electrons. The molecule has 2 atom stereocenters. The molecule has 0 aromatic heterocycles. The van der Waals surface area contributed by atoms with Crippen LogP contribution in [0.25, 0.3) is 0 Å². The van der Waals surface area contributed by atoms with Gasteiger partial charge in [0.1, 0.15) is 5.75 Å². The van der Waals surface area contributed by atoms with Crippen molar-refractivity contribution in [1.82, 2.24) is 4.90 Å². The van der Waals surface area contributed by atoms with Gasteiger partial charge in [-0.2, -0.15) is 0 Å². The van der Waals surface area contributed by atoms with Crippen LogP contribution in [0.5, 0.6) is 5.75 Å². The lowest BCUT2D eigenvalue weighted by molar-refractivity contribution is -0.135. The fourth-order valence-corrected chi connectivity index (χ4v) is 3.83. The van der Waals surface area contributed by atoms with Gasteiger partial charge in [-0.3, -0.25) is 4.79 Å². The summed E-state index contributed by atoms with van der Waals surface area (Å²) in [6, 6.07) is 6.74. The first kappa shape index (κ1) is 25.0. The molecular formula is C22H34N2O4S. The normalized spacial score (nSPS) is 14.4. The number of nitrogens with zero attached hydrogens (tertiary/aromatic N) is 1. The number of rotatable bonds is 10. The maximum absolute atomic E-state index is 13.1. The van der Waals surface area contributed by atoms with Gasteiger partial charge in [0.2, 0.25) is 5.91 Å². The van der Waals surface area contributed by atoms with E-state index in [0.717, 1.165) is 11.3 Å². The highest BCUT2D eigenvalue weighted by Crippen LogP contribution is 2.32. The Labute approximate surface area is 178 Å². The minimum absolute atomic E-state index is 0.0560. The van der Waals surface area contributed by atoms with Crippen molar-refractivity contribution in [2.24, 2.45) is 11.7 Å². The van der Waals surface area contributed by atoms with Crippen LogP contribution in [-0.4, -0.2) is 52.9 Å². The second kappa shape index (κ2) is 10.7. The highest BCUT2D eigenvalue weighted by atomic mass is 32.2. The first-order valence-corrected chi connectivity index (χ1v) is 10.6. The number of thioether (sulfide) groups is 1. The molecule has 6 nitrogen and oxygen atoms in total. The van der Waals surface area contributed by atoms with Crippen LogP contribution in [0.4, 0.5) is 0 Å². The predicted octanol–water partition coefficient (Wildman–Crippen LogP) is 3.55. The minimum atomic E-state index is -0.990. The summed E-state index contributed by atoms with van der Waals surface area (Å²) in [4.78, 5) is 25.8. The van der Waals surface area contributed by atoms with Crippen molar-refractivity contribution in [3.05, 3.63) is 41.5 Å². The molecule has 0 aliphatic heterocycles. The SMILES string of the molecule is COc1ccc(CSC(C)(C)[C@H](N)C(=O)N(C)[C@@H](/C=C(\C)C(=O)O)C(C)C)cc1. The molecule has 0 saturated carbocycles. The Hall–Kier alpha value is -1.99. The zero-order valence-electron chi connectivity index (χ0n) is 18.4. The largest absolute Gasteiger partial charge is 0.497 e. The Morgan fingerprint density at radius 2 is 1.83 bits per heavy atom. The van der Waals surface area contributed by atoms with Gasteiger partial charge in [-0.25, -0.2) is 4.79 Å². The van der Waals surface area contributed by atoms with E-state index in [2.05, 4.69) is 0 Å². The molecule has 0 saturated heterocycles. The van der Waals surface area contributed by atoms with Gasteiger partial charge in [-0.1, -0.05) is 32.1 Å². The molecule has 1 aromatic carbocycles. The smallest absolute Gasteiger partial charge is 0.331 e. The Morgan fingerprint density at radius 1 is 1.28 bits per heavy atom. The third kappa shape index (κ3) is 7.08. The van der Waals surface area contributed by atoms with Crippen molar-refractivity contribution in [3.8, 4) is 5.75 Å². The maximum Gasteiger partial charge on any atom is 0.331 e. The summed E-state index contributed by atoms with van der Waals surface area (Å²) in [6.07, 6.45) is 1.62. The number of hydrogen-bond donors (Lipinski definition) is 2. The zero-order chi connectivity index (χ0) is 22.4. The lowest BCUT2D eigenvalue weighted by Crippen LogP contribution is -2.55. The molecule has 1 amide bonds. The Kier molecular flexibility index (Phi) is 9.23. The summed E-state index contributed by atoms with van der Waals surface area (Å²) >= 11 is 1.62. The van der Waals surface area contributed by atoms with Gasteiger partial charge in [0.05, 0.1) is 19.2 Å². The second-order valence-corrected chi connectivity index (χ2v) is 9.69. The quantitative estimate of drug-likeness (QED) is 0.560. The van der Waals surface area contributed by atoms with Crippen molar-refractivity contribution in [1.29, 1.82) is 0 Å². The highest BCUT2D eigenvalue weighted by molar-refractivity contribution is 7.99. The van der Waals surface area contributed by atoms with Crippen molar-refractivity contribution in [2.45, 2.75) is 57.2 Å². The Balaban J connectivity index is 2.88. The molecule has 0 heterocycles. The van der Waals surface area contributed by atoms with Gasteiger partial charge in [-0.05, 0) is 44.4 Å². The van der Waals surface area contributed by atoms with E-state index in [9.17, 15) is 14.7 Å². The van der Waals surface area contributed by atoms with Crippen LogP contribution in [0.15, 0.2) is 35.9 Å². The number of aliphatic carboxylic acids is 1. The zero-order valence-corrected chi connectivity index (χ0v) is 19.2. The van der Waals surface area contributed by atoms with Gasteiger partial charge >= 0.3 is 5.97 Å². The lowest BCUT2D eigenvalue weighted by Gasteiger charge is -2.36. The number of methoxy groups -OCH3 is 1. The van der Waals surface area contributed by atoms with E-state index in [1.165, 1.54) is 6.92 Å². The van der Waals surface area contributed by atoms with Gasteiger partial charge in [0.25, 0.3) is 0 Å². The van der Waals surface area contributed by atoms with E-state index in [0.29, 0.717) is 5.75 Å². The summed E-state index contributed by atoms with van der Waals surface area (Å²) in [5.74, 6) is 0.380. The van der Waals surface area contributed by atoms with E-state index < -0.39 is 16.8 Å². The number of ether oxygens (including phenoxy) is 1. The monoisotopic (exact) mass is 422 g/mol. The number of hydrogen-bond acceptors (Lipinski definition) is 5. The average Bonchev–Trinajstić information content (AvgIpc) is 2.68. The molecule has 7 heteroatoms. The van der Waals surface area contributed by atoms with Crippen molar-refractivity contribution < 1.29 is 19.4 Å².